The molecule has 0 radical (unpaired) electrons. The Morgan fingerprint density at radius 2 is 1.86 bits per heavy atom. The van der Waals surface area contributed by atoms with Gasteiger partial charge >= 0.3 is 6.61 Å². The molecule has 28 heavy (non-hydrogen) atoms. The van der Waals surface area contributed by atoms with Crippen LogP contribution < -0.4 is 10.1 Å². The molecule has 3 amide bonds. The molecule has 3 aliphatic rings. The molecule has 0 aromatic heterocycles. The van der Waals surface area contributed by atoms with Crippen LogP contribution in [-0.2, 0) is 20.9 Å². The third-order valence-corrected chi connectivity index (χ3v) is 6.07. The maximum Gasteiger partial charge on any atom is 0.387 e. The molecule has 148 valence electrons. The van der Waals surface area contributed by atoms with Gasteiger partial charge in [0.25, 0.3) is 0 Å². The number of likely N-dealkylation sites (tertiary alicyclic amines) is 1. The predicted octanol–water partition coefficient (Wildman–Crippen LogP) is 2.47. The summed E-state index contributed by atoms with van der Waals surface area (Å²) in [5.41, 5.74) is 0.348. The number of halogens is 3. The fraction of sp³-hybridized carbons (Fsp3) is 0.421. The van der Waals surface area contributed by atoms with E-state index >= 15 is 0 Å². The molecular formula is C19H17BrF2N2O4. The number of ether oxygens (including phenoxy) is 1. The molecule has 1 saturated carbocycles. The molecule has 6 nitrogen and oxygen atoms in total. The number of allylic oxidation sites excluding steroid dienone is 2. The van der Waals surface area contributed by atoms with Crippen molar-refractivity contribution in [1.29, 1.82) is 0 Å². The van der Waals surface area contributed by atoms with E-state index in [4.69, 9.17) is 0 Å². The van der Waals surface area contributed by atoms with E-state index in [1.807, 2.05) is 12.2 Å². The van der Waals surface area contributed by atoms with Crippen LogP contribution in [0.5, 0.6) is 5.75 Å². The fourth-order valence-corrected chi connectivity index (χ4v) is 4.82. The molecule has 1 aromatic carbocycles. The number of nitrogens with one attached hydrogen (secondary N) is 1. The average molecular weight is 455 g/mol. The lowest BCUT2D eigenvalue weighted by Gasteiger charge is -2.17. The second-order valence-corrected chi connectivity index (χ2v) is 8.09. The second-order valence-electron chi connectivity index (χ2n) is 7.17. The first-order chi connectivity index (χ1) is 13.3. The number of hydrogen-bond donors (Lipinski definition) is 1. The van der Waals surface area contributed by atoms with Crippen LogP contribution >= 0.6 is 15.9 Å². The van der Waals surface area contributed by atoms with Crippen molar-refractivity contribution >= 4 is 33.7 Å². The molecule has 9 heteroatoms. The third kappa shape index (κ3) is 3.32. The Morgan fingerprint density at radius 3 is 2.46 bits per heavy atom. The van der Waals surface area contributed by atoms with Gasteiger partial charge in [-0.25, -0.2) is 0 Å². The van der Waals surface area contributed by atoms with Crippen LogP contribution in [-0.4, -0.2) is 35.8 Å². The molecule has 1 saturated heterocycles. The van der Waals surface area contributed by atoms with Crippen molar-refractivity contribution in [2.45, 2.75) is 19.6 Å². The molecule has 4 atom stereocenters. The van der Waals surface area contributed by atoms with Crippen molar-refractivity contribution in [3.8, 4) is 5.75 Å². The van der Waals surface area contributed by atoms with Gasteiger partial charge in [-0.05, 0) is 36.5 Å². The summed E-state index contributed by atoms with van der Waals surface area (Å²) in [5, 5.41) is 2.57. The van der Waals surface area contributed by atoms with Gasteiger partial charge in [0.1, 0.15) is 12.3 Å². The van der Waals surface area contributed by atoms with Crippen molar-refractivity contribution in [1.82, 2.24) is 10.2 Å². The van der Waals surface area contributed by atoms with Crippen molar-refractivity contribution < 1.29 is 27.9 Å². The van der Waals surface area contributed by atoms with Gasteiger partial charge in [0, 0.05) is 16.6 Å². The summed E-state index contributed by atoms with van der Waals surface area (Å²) in [6, 6.07) is 4.47. The minimum Gasteiger partial charge on any atom is -0.434 e. The van der Waals surface area contributed by atoms with Gasteiger partial charge < -0.3 is 10.1 Å². The van der Waals surface area contributed by atoms with E-state index in [1.54, 1.807) is 12.1 Å². The zero-order valence-corrected chi connectivity index (χ0v) is 16.2. The van der Waals surface area contributed by atoms with Crippen molar-refractivity contribution in [3.05, 3.63) is 40.4 Å². The zero-order valence-electron chi connectivity index (χ0n) is 14.6. The molecule has 4 rings (SSSR count). The van der Waals surface area contributed by atoms with Gasteiger partial charge in [0.05, 0.1) is 11.8 Å². The number of rotatable bonds is 6. The lowest BCUT2D eigenvalue weighted by Crippen LogP contribution is -2.41. The summed E-state index contributed by atoms with van der Waals surface area (Å²) in [5.74, 6) is -1.74. The normalized spacial score (nSPS) is 27.6. The summed E-state index contributed by atoms with van der Waals surface area (Å²) >= 11 is 3.24. The Bertz CT molecular complexity index is 845. The average Bonchev–Trinajstić information content (AvgIpc) is 3.31. The molecule has 1 heterocycles. The zero-order chi connectivity index (χ0) is 20.0. The van der Waals surface area contributed by atoms with E-state index in [0.29, 0.717) is 10.0 Å². The lowest BCUT2D eigenvalue weighted by atomic mass is 9.85. The SMILES string of the molecule is O=C(CN1C(=O)C2C3C=CC(C3)C2C1=O)NCc1cc(Br)ccc1OC(F)F. The predicted molar refractivity (Wildman–Crippen MR) is 97.1 cm³/mol. The van der Waals surface area contributed by atoms with Crippen molar-refractivity contribution in [2.24, 2.45) is 23.7 Å². The molecule has 1 N–H and O–H groups in total. The number of alkyl halides is 2. The summed E-state index contributed by atoms with van der Waals surface area (Å²) in [6.45, 7) is -3.43. The number of carbonyl (C=O) groups excluding carboxylic acids is 3. The van der Waals surface area contributed by atoms with Crippen molar-refractivity contribution in [3.63, 3.8) is 0 Å². The van der Waals surface area contributed by atoms with Crippen LogP contribution in [0.25, 0.3) is 0 Å². The smallest absolute Gasteiger partial charge is 0.387 e. The Labute approximate surface area is 168 Å². The molecule has 2 fully saturated rings. The van der Waals surface area contributed by atoms with E-state index in [1.165, 1.54) is 6.07 Å². The number of imide groups is 1. The van der Waals surface area contributed by atoms with Crippen molar-refractivity contribution in [2.75, 3.05) is 6.54 Å². The number of fused-ring (bicyclic) bond motifs is 5. The van der Waals surface area contributed by atoms with Gasteiger partial charge in [0.15, 0.2) is 0 Å². The first-order valence-corrected chi connectivity index (χ1v) is 9.68. The highest BCUT2D eigenvalue weighted by atomic mass is 79.9. The highest BCUT2D eigenvalue weighted by molar-refractivity contribution is 9.10. The molecular weight excluding hydrogens is 438 g/mol. The Balaban J connectivity index is 1.39. The van der Waals surface area contributed by atoms with Gasteiger partial charge in [-0.15, -0.1) is 0 Å². The van der Waals surface area contributed by atoms with Crippen LogP contribution in [0.4, 0.5) is 8.78 Å². The maximum absolute atomic E-state index is 12.6. The summed E-state index contributed by atoms with van der Waals surface area (Å²) < 4.78 is 30.1. The van der Waals surface area contributed by atoms with Crippen LogP contribution in [0, 0.1) is 23.7 Å². The largest absolute Gasteiger partial charge is 0.434 e. The second kappa shape index (κ2) is 7.27. The highest BCUT2D eigenvalue weighted by Crippen LogP contribution is 2.52. The van der Waals surface area contributed by atoms with Crippen LogP contribution in [0.3, 0.4) is 0 Å². The Morgan fingerprint density at radius 1 is 1.21 bits per heavy atom. The van der Waals surface area contributed by atoms with Gasteiger partial charge in [0.2, 0.25) is 17.7 Å². The minimum atomic E-state index is -2.99. The molecule has 2 bridgehead atoms. The molecule has 0 spiro atoms. The van der Waals surface area contributed by atoms with Gasteiger partial charge in [-0.2, -0.15) is 8.78 Å². The van der Waals surface area contributed by atoms with Crippen LogP contribution in [0.15, 0.2) is 34.8 Å². The number of nitrogens with zero attached hydrogens (tertiary/aromatic N) is 1. The Kier molecular flexibility index (Phi) is 4.95. The monoisotopic (exact) mass is 454 g/mol. The minimum absolute atomic E-state index is 0.0518. The number of hydrogen-bond acceptors (Lipinski definition) is 4. The van der Waals surface area contributed by atoms with E-state index in [0.717, 1.165) is 11.3 Å². The topological polar surface area (TPSA) is 75.7 Å². The third-order valence-electron chi connectivity index (χ3n) is 5.58. The quantitative estimate of drug-likeness (QED) is 0.529. The maximum atomic E-state index is 12.6. The number of benzene rings is 1. The first kappa shape index (κ1) is 19.0. The van der Waals surface area contributed by atoms with E-state index < -0.39 is 12.5 Å². The standard InChI is InChI=1S/C19H17BrF2N2O4/c20-12-3-4-13(28-19(21)22)11(6-12)7-23-14(25)8-24-17(26)15-9-1-2-10(5-9)16(15)18(24)27/h1-4,6,9-10,15-16,19H,5,7-8H2,(H,23,25). The summed E-state index contributed by atoms with van der Waals surface area (Å²) in [6.07, 6.45) is 4.79. The molecule has 4 unspecified atom stereocenters. The Hall–Kier alpha value is -2.29. The van der Waals surface area contributed by atoms with Crippen LogP contribution in [0.1, 0.15) is 12.0 Å². The summed E-state index contributed by atoms with van der Waals surface area (Å²) in [4.78, 5) is 38.5. The molecule has 1 aliphatic heterocycles. The van der Waals surface area contributed by atoms with E-state index in [9.17, 15) is 23.2 Å². The molecule has 1 aromatic rings. The summed E-state index contributed by atoms with van der Waals surface area (Å²) in [7, 11) is 0. The number of amides is 3. The first-order valence-electron chi connectivity index (χ1n) is 8.88. The van der Waals surface area contributed by atoms with Gasteiger partial charge in [-0.1, -0.05) is 28.1 Å². The molecule has 2 aliphatic carbocycles. The van der Waals surface area contributed by atoms with E-state index in [2.05, 4.69) is 26.0 Å². The lowest BCUT2D eigenvalue weighted by molar-refractivity contribution is -0.144. The van der Waals surface area contributed by atoms with Crippen LogP contribution in [0.2, 0.25) is 0 Å². The van der Waals surface area contributed by atoms with E-state index in [-0.39, 0.29) is 54.3 Å². The highest BCUT2D eigenvalue weighted by Gasteiger charge is 2.59. The fourth-order valence-electron chi connectivity index (χ4n) is 4.41. The van der Waals surface area contributed by atoms with Gasteiger partial charge in [-0.3, -0.25) is 19.3 Å². The number of carbonyl (C=O) groups is 3.